The van der Waals surface area contributed by atoms with Crippen molar-refractivity contribution in [2.24, 2.45) is 11.8 Å². The van der Waals surface area contributed by atoms with Crippen LogP contribution < -0.4 is 0 Å². The van der Waals surface area contributed by atoms with E-state index in [0.29, 0.717) is 21.0 Å². The third kappa shape index (κ3) is 5.05. The molecule has 0 fully saturated rings. The summed E-state index contributed by atoms with van der Waals surface area (Å²) in [6.45, 7) is 8.05. The molecule has 0 amide bonds. The maximum absolute atomic E-state index is 4.03. The van der Waals surface area contributed by atoms with E-state index in [-0.39, 0.29) is 0 Å². The normalized spacial score (nSPS) is 16.0. The molecule has 2 aromatic carbocycles. The molecule has 0 saturated carbocycles. The monoisotopic (exact) mass is 302 g/mol. The second-order valence-electron chi connectivity index (χ2n) is 6.78. The summed E-state index contributed by atoms with van der Waals surface area (Å²) in [7, 11) is 0. The Morgan fingerprint density at radius 3 is 1.29 bits per heavy atom. The van der Waals surface area contributed by atoms with E-state index in [1.54, 1.807) is 0 Å². The van der Waals surface area contributed by atoms with Crippen molar-refractivity contribution in [3.63, 3.8) is 0 Å². The molecule has 2 heteroatoms. The third-order valence-corrected chi connectivity index (χ3v) is 5.36. The Morgan fingerprint density at radius 1 is 0.667 bits per heavy atom. The Labute approximate surface area is 165 Å². The quantitative estimate of drug-likeness (QED) is 0.441. The van der Waals surface area contributed by atoms with E-state index in [4.69, 9.17) is 0 Å². The molecule has 0 aliphatic heterocycles. The van der Waals surface area contributed by atoms with Gasteiger partial charge in [-0.25, -0.2) is 0 Å². The summed E-state index contributed by atoms with van der Waals surface area (Å²) in [6.07, 6.45) is 6.23. The summed E-state index contributed by atoms with van der Waals surface area (Å²) >= 11 is 4.72. The number of rotatable bonds is 9. The Bertz CT molecular complexity index is 563. The Hall–Kier alpha value is -0.885. The van der Waals surface area contributed by atoms with Crippen molar-refractivity contribution in [3.05, 3.63) is 97.1 Å². The van der Waals surface area contributed by atoms with Gasteiger partial charge in [-0.3, -0.25) is 0 Å². The van der Waals surface area contributed by atoms with Crippen LogP contribution in [0, 0.1) is 11.8 Å². The number of benzene rings is 2. The molecule has 0 spiro atoms. The van der Waals surface area contributed by atoms with Crippen molar-refractivity contribution in [1.82, 2.24) is 0 Å². The molecule has 0 bridgehead atoms. The fraction of sp³-hybridized carbons (Fsp3) is 0.273. The van der Waals surface area contributed by atoms with Gasteiger partial charge in [-0.1, -0.05) is 0 Å². The SMILES string of the molecule is [Li][CH](c1ccccc1)C(CC=C)C(CC=C)[CH]([Li])c1ccccc1. The van der Waals surface area contributed by atoms with Gasteiger partial charge >= 0.3 is 166 Å². The summed E-state index contributed by atoms with van der Waals surface area (Å²) < 4.78 is 1.00. The molecule has 0 aromatic heterocycles. The van der Waals surface area contributed by atoms with Gasteiger partial charge in [-0.05, 0) is 0 Å². The summed E-state index contributed by atoms with van der Waals surface area (Å²) in [6, 6.07) is 21.7. The second-order valence-corrected chi connectivity index (χ2v) is 6.78. The van der Waals surface area contributed by atoms with Gasteiger partial charge in [0.2, 0.25) is 0 Å². The molecule has 0 aliphatic carbocycles. The molecule has 0 nitrogen and oxygen atoms in total. The predicted octanol–water partition coefficient (Wildman–Crippen LogP) is 5.19. The first-order chi connectivity index (χ1) is 11.7. The predicted molar refractivity (Wildman–Crippen MR) is 106 cm³/mol. The minimum absolute atomic E-state index is 0.500. The van der Waals surface area contributed by atoms with Crippen LogP contribution in [0.2, 0.25) is 0 Å². The Morgan fingerprint density at radius 2 is 1.00 bits per heavy atom. The zero-order valence-corrected chi connectivity index (χ0v) is 15.1. The molecule has 0 N–H and O–H groups in total. The molecule has 4 atom stereocenters. The van der Waals surface area contributed by atoms with Crippen molar-refractivity contribution >= 4 is 35.4 Å². The molecule has 0 heterocycles. The van der Waals surface area contributed by atoms with Gasteiger partial charge in [-0.2, -0.15) is 0 Å². The van der Waals surface area contributed by atoms with Crippen molar-refractivity contribution in [3.8, 4) is 0 Å². The molecule has 4 unspecified atom stereocenters. The van der Waals surface area contributed by atoms with Crippen molar-refractivity contribution in [2.75, 3.05) is 0 Å². The van der Waals surface area contributed by atoms with Crippen LogP contribution >= 0.6 is 0 Å². The standard InChI is InChI=1S/C22H24.2Li/c1-3-11-21(17-19-13-7-5-8-14-19)22(12-4-2)18-20-15-9-6-10-16-20;;/h3-10,13-18,21-22H,1-2,11-12H2;;. The fourth-order valence-corrected chi connectivity index (χ4v) is 3.89. The van der Waals surface area contributed by atoms with Gasteiger partial charge in [-0.15, -0.1) is 0 Å². The van der Waals surface area contributed by atoms with Gasteiger partial charge in [0.25, 0.3) is 0 Å². The van der Waals surface area contributed by atoms with E-state index in [1.165, 1.54) is 11.1 Å². The van der Waals surface area contributed by atoms with Crippen LogP contribution in [-0.2, 0) is 0 Å². The van der Waals surface area contributed by atoms with E-state index in [9.17, 15) is 0 Å². The van der Waals surface area contributed by atoms with Gasteiger partial charge < -0.3 is 0 Å². The zero-order valence-electron chi connectivity index (χ0n) is 15.1. The van der Waals surface area contributed by atoms with Crippen LogP contribution in [0.3, 0.4) is 0 Å². The maximum atomic E-state index is 4.03. The average molecular weight is 302 g/mol. The summed E-state index contributed by atoms with van der Waals surface area (Å²) in [5.41, 5.74) is 2.83. The third-order valence-electron chi connectivity index (χ3n) is 5.36. The molecule has 114 valence electrons. The van der Waals surface area contributed by atoms with Gasteiger partial charge in [0.15, 0.2) is 0 Å². The summed E-state index contributed by atoms with van der Waals surface area (Å²) in [4.78, 5) is 0. The van der Waals surface area contributed by atoms with E-state index < -0.39 is 0 Å². The van der Waals surface area contributed by atoms with E-state index in [0.717, 1.165) is 12.8 Å². The first kappa shape index (κ1) is 19.4. The minimum atomic E-state index is 0.500. The number of allylic oxidation sites excluding steroid dienone is 2. The molecule has 2 aromatic rings. The molecular weight excluding hydrogens is 278 g/mol. The Kier molecular flexibility index (Phi) is 8.25. The van der Waals surface area contributed by atoms with Crippen LogP contribution in [0.25, 0.3) is 0 Å². The van der Waals surface area contributed by atoms with Crippen molar-refractivity contribution in [1.29, 1.82) is 0 Å². The van der Waals surface area contributed by atoms with Gasteiger partial charge in [0, 0.05) is 0 Å². The first-order valence-corrected chi connectivity index (χ1v) is 9.00. The van der Waals surface area contributed by atoms with Gasteiger partial charge in [0.1, 0.15) is 0 Å². The molecule has 0 radical (unpaired) electrons. The van der Waals surface area contributed by atoms with Crippen LogP contribution in [-0.4, -0.2) is 35.4 Å². The molecular formula is C22H24Li2. The van der Waals surface area contributed by atoms with Crippen LogP contribution in [0.5, 0.6) is 0 Å². The number of hydrogen-bond donors (Lipinski definition) is 0. The molecule has 0 saturated heterocycles. The first-order valence-electron chi connectivity index (χ1n) is 9.00. The summed E-state index contributed by atoms with van der Waals surface area (Å²) in [5, 5.41) is 0. The molecule has 0 aliphatic rings. The zero-order chi connectivity index (χ0) is 17.4. The fourth-order valence-electron chi connectivity index (χ4n) is 3.89. The van der Waals surface area contributed by atoms with Crippen LogP contribution in [0.1, 0.15) is 33.2 Å². The Balaban J connectivity index is 2.32. The van der Waals surface area contributed by atoms with E-state index in [2.05, 4.69) is 121 Å². The summed E-state index contributed by atoms with van der Waals surface area (Å²) in [5.74, 6) is 1.11. The van der Waals surface area contributed by atoms with Crippen LogP contribution in [0.4, 0.5) is 0 Å². The van der Waals surface area contributed by atoms with E-state index in [1.807, 2.05) is 0 Å². The second kappa shape index (κ2) is 10.2. The molecule has 24 heavy (non-hydrogen) atoms. The van der Waals surface area contributed by atoms with E-state index >= 15 is 0 Å². The van der Waals surface area contributed by atoms with Crippen LogP contribution in [0.15, 0.2) is 86.0 Å². The van der Waals surface area contributed by atoms with Crippen molar-refractivity contribution < 1.29 is 0 Å². The van der Waals surface area contributed by atoms with Gasteiger partial charge in [0.05, 0.1) is 0 Å². The molecule has 2 rings (SSSR count). The number of hydrogen-bond acceptors (Lipinski definition) is 0. The average Bonchev–Trinajstić information content (AvgIpc) is 2.65. The topological polar surface area (TPSA) is 0 Å². The van der Waals surface area contributed by atoms with Crippen molar-refractivity contribution in [2.45, 2.75) is 22.0 Å².